The van der Waals surface area contributed by atoms with E-state index in [1.807, 2.05) is 0 Å². The molecule has 0 radical (unpaired) electrons. The van der Waals surface area contributed by atoms with Crippen molar-refractivity contribution in [3.05, 3.63) is 11.6 Å². The molecule has 0 aromatic rings. The summed E-state index contributed by atoms with van der Waals surface area (Å²) in [7, 11) is 0. The molecule has 8 heteroatoms. The number of aliphatic hydroxyl groups excluding tert-OH is 4. The van der Waals surface area contributed by atoms with Crippen LogP contribution in [0.3, 0.4) is 0 Å². The van der Waals surface area contributed by atoms with Gasteiger partial charge in [-0.1, -0.05) is 25.5 Å². The molecule has 3 saturated carbocycles. The van der Waals surface area contributed by atoms with E-state index in [1.54, 1.807) is 0 Å². The van der Waals surface area contributed by atoms with Crippen LogP contribution < -0.4 is 5.32 Å². The molecule has 7 aliphatic rings. The maximum Gasteiger partial charge on any atom is 0.122 e. The monoisotopic (exact) mass is 575 g/mol. The van der Waals surface area contributed by atoms with E-state index >= 15 is 0 Å². The third-order valence-corrected chi connectivity index (χ3v) is 13.0. The average molecular weight is 576 g/mol. The minimum Gasteiger partial charge on any atom is -0.396 e. The Bertz CT molecular complexity index is 967. The van der Waals surface area contributed by atoms with Gasteiger partial charge in [-0.2, -0.15) is 0 Å². The van der Waals surface area contributed by atoms with Gasteiger partial charge in [0.25, 0.3) is 0 Å². The molecular formula is C33H53NO7. The van der Waals surface area contributed by atoms with Crippen molar-refractivity contribution in [1.29, 1.82) is 0 Å². The molecule has 8 nitrogen and oxygen atoms in total. The van der Waals surface area contributed by atoms with Crippen molar-refractivity contribution in [2.24, 2.45) is 53.3 Å². The zero-order chi connectivity index (χ0) is 28.5. The van der Waals surface area contributed by atoms with Crippen LogP contribution >= 0.6 is 0 Å². The lowest BCUT2D eigenvalue weighted by Gasteiger charge is -2.51. The summed E-state index contributed by atoms with van der Waals surface area (Å²) in [5.41, 5.74) is 1.45. The van der Waals surface area contributed by atoms with E-state index in [9.17, 15) is 20.4 Å². The van der Waals surface area contributed by atoms with Gasteiger partial charge in [-0.05, 0) is 99.2 Å². The van der Waals surface area contributed by atoms with Crippen LogP contribution in [0, 0.1) is 53.3 Å². The molecule has 1 spiro atoms. The molecule has 0 bridgehead atoms. The highest BCUT2D eigenvalue weighted by Gasteiger charge is 2.62. The summed E-state index contributed by atoms with van der Waals surface area (Å²) in [4.78, 5) is 0. The minimum absolute atomic E-state index is 0.0203. The summed E-state index contributed by atoms with van der Waals surface area (Å²) in [5.74, 6) is 5.19. The summed E-state index contributed by atoms with van der Waals surface area (Å²) < 4.78 is 19.0. The van der Waals surface area contributed by atoms with Gasteiger partial charge in [0.1, 0.15) is 24.0 Å². The standard InChI is InChI=1S/C33H53NO7/c1-17-9-10-33(34-13-17)18(2)29-25-8-7-23-22-6-4-21(11-19(22)3-5-24(23)26(25)12-27(29)41-33)40-28-16-39-15-20(14-35)30(36)32(38)31(28)37/h3,17-18,20-32,34-38H,4-16H2,1-2H3. The summed E-state index contributed by atoms with van der Waals surface area (Å²) >= 11 is 0. The highest BCUT2D eigenvalue weighted by Crippen LogP contribution is 2.63. The van der Waals surface area contributed by atoms with Gasteiger partial charge in [0, 0.05) is 18.4 Å². The van der Waals surface area contributed by atoms with Crippen molar-refractivity contribution >= 4 is 0 Å². The molecule has 0 amide bonds. The second kappa shape index (κ2) is 11.4. The molecular weight excluding hydrogens is 522 g/mol. The summed E-state index contributed by atoms with van der Waals surface area (Å²) in [6.07, 6.45) is 8.82. The molecule has 3 aliphatic heterocycles. The zero-order valence-electron chi connectivity index (χ0n) is 24.9. The molecule has 5 N–H and O–H groups in total. The topological polar surface area (TPSA) is 121 Å². The Balaban J connectivity index is 0.987. The molecule has 0 aromatic carbocycles. The highest BCUT2D eigenvalue weighted by molar-refractivity contribution is 5.20. The van der Waals surface area contributed by atoms with E-state index in [4.69, 9.17) is 14.2 Å². The summed E-state index contributed by atoms with van der Waals surface area (Å²) in [6, 6.07) is 0. The molecule has 6 fully saturated rings. The first kappa shape index (κ1) is 29.1. The molecule has 7 rings (SSSR count). The first-order valence-electron chi connectivity index (χ1n) is 16.8. The number of aliphatic hydroxyl groups is 4. The van der Waals surface area contributed by atoms with E-state index in [0.717, 1.165) is 61.8 Å². The van der Waals surface area contributed by atoms with Gasteiger partial charge in [0.2, 0.25) is 0 Å². The number of piperidine rings is 1. The Hall–Kier alpha value is -0.580. The van der Waals surface area contributed by atoms with Crippen LogP contribution in [0.1, 0.15) is 71.6 Å². The fourth-order valence-corrected chi connectivity index (χ4v) is 10.8. The fraction of sp³-hybridized carbons (Fsp3) is 0.939. The SMILES string of the molecule is CC1CCC2(NC1)OC1CC3C4CC=C5CC(OC6COCC(CO)C(O)C(O)C6O)CCC5C4CCC3C1C2C. The van der Waals surface area contributed by atoms with Crippen molar-refractivity contribution < 1.29 is 34.6 Å². The number of fused-ring (bicyclic) bond motifs is 7. The first-order chi connectivity index (χ1) is 19.8. The number of hydrogen-bond acceptors (Lipinski definition) is 8. The smallest absolute Gasteiger partial charge is 0.122 e. The predicted molar refractivity (Wildman–Crippen MR) is 153 cm³/mol. The van der Waals surface area contributed by atoms with Gasteiger partial charge < -0.3 is 34.6 Å². The lowest BCUT2D eigenvalue weighted by molar-refractivity contribution is -0.192. The van der Waals surface area contributed by atoms with Gasteiger partial charge >= 0.3 is 0 Å². The maximum atomic E-state index is 10.8. The third kappa shape index (κ3) is 4.97. The van der Waals surface area contributed by atoms with E-state index in [0.29, 0.717) is 23.9 Å². The number of allylic oxidation sites excluding steroid dienone is 1. The van der Waals surface area contributed by atoms with E-state index in [2.05, 4.69) is 25.2 Å². The molecule has 4 aliphatic carbocycles. The fourth-order valence-electron chi connectivity index (χ4n) is 10.8. The second-order valence-electron chi connectivity index (χ2n) is 15.1. The van der Waals surface area contributed by atoms with E-state index < -0.39 is 30.3 Å². The Labute approximate surface area is 245 Å². The highest BCUT2D eigenvalue weighted by atomic mass is 16.6. The normalized spacial score (nSPS) is 55.3. The van der Waals surface area contributed by atoms with Crippen LogP contribution in [-0.2, 0) is 14.2 Å². The minimum atomic E-state index is -1.37. The van der Waals surface area contributed by atoms with Crippen molar-refractivity contribution in [1.82, 2.24) is 5.32 Å². The molecule has 232 valence electrons. The van der Waals surface area contributed by atoms with E-state index in [1.165, 1.54) is 37.7 Å². The van der Waals surface area contributed by atoms with Gasteiger partial charge in [-0.25, -0.2) is 0 Å². The largest absolute Gasteiger partial charge is 0.396 e. The maximum absolute atomic E-state index is 10.8. The Morgan fingerprint density at radius 1 is 0.951 bits per heavy atom. The van der Waals surface area contributed by atoms with Crippen LogP contribution in [0.5, 0.6) is 0 Å². The summed E-state index contributed by atoms with van der Waals surface area (Å²) in [5, 5.41) is 45.0. The first-order valence-corrected chi connectivity index (χ1v) is 16.8. The molecule has 0 aromatic heterocycles. The van der Waals surface area contributed by atoms with Crippen molar-refractivity contribution in [3.63, 3.8) is 0 Å². The van der Waals surface area contributed by atoms with E-state index in [-0.39, 0.29) is 31.6 Å². The Kier molecular flexibility index (Phi) is 8.11. The number of hydrogen-bond donors (Lipinski definition) is 5. The molecule has 3 saturated heterocycles. The predicted octanol–water partition coefficient (Wildman–Crippen LogP) is 2.62. The molecule has 3 heterocycles. The van der Waals surface area contributed by atoms with Crippen LogP contribution in [-0.4, -0.2) is 89.1 Å². The lowest BCUT2D eigenvalue weighted by atomic mass is 9.55. The average Bonchev–Trinajstić information content (AvgIpc) is 3.47. The van der Waals surface area contributed by atoms with Crippen molar-refractivity contribution in [2.75, 3.05) is 26.4 Å². The van der Waals surface area contributed by atoms with Gasteiger partial charge in [0.05, 0.1) is 38.1 Å². The second-order valence-corrected chi connectivity index (χ2v) is 15.1. The van der Waals surface area contributed by atoms with Gasteiger partial charge in [-0.15, -0.1) is 0 Å². The Morgan fingerprint density at radius 2 is 1.78 bits per heavy atom. The third-order valence-electron chi connectivity index (χ3n) is 13.0. The van der Waals surface area contributed by atoms with Crippen LogP contribution in [0.2, 0.25) is 0 Å². The Morgan fingerprint density at radius 3 is 2.56 bits per heavy atom. The van der Waals surface area contributed by atoms with Crippen LogP contribution in [0.4, 0.5) is 0 Å². The number of rotatable bonds is 3. The van der Waals surface area contributed by atoms with Crippen molar-refractivity contribution in [2.45, 2.75) is 114 Å². The van der Waals surface area contributed by atoms with Crippen LogP contribution in [0.25, 0.3) is 0 Å². The van der Waals surface area contributed by atoms with Crippen LogP contribution in [0.15, 0.2) is 11.6 Å². The van der Waals surface area contributed by atoms with Crippen molar-refractivity contribution in [3.8, 4) is 0 Å². The van der Waals surface area contributed by atoms with Gasteiger partial charge in [0.15, 0.2) is 0 Å². The number of ether oxygens (including phenoxy) is 3. The molecule has 41 heavy (non-hydrogen) atoms. The summed E-state index contributed by atoms with van der Waals surface area (Å²) in [6.45, 7) is 5.89. The quantitative estimate of drug-likeness (QED) is 0.326. The number of nitrogens with one attached hydrogen (secondary N) is 1. The zero-order valence-corrected chi connectivity index (χ0v) is 24.9. The molecule has 16 unspecified atom stereocenters. The lowest BCUT2D eigenvalue weighted by Crippen LogP contribution is -2.55. The van der Waals surface area contributed by atoms with Gasteiger partial charge in [-0.3, -0.25) is 5.32 Å². The molecule has 16 atom stereocenters.